The van der Waals surface area contributed by atoms with E-state index in [0.717, 1.165) is 23.9 Å². The molecule has 0 fully saturated rings. The van der Waals surface area contributed by atoms with E-state index < -0.39 is 0 Å². The maximum atomic E-state index is 11.5. The average molecular weight is 311 g/mol. The molecule has 0 aliphatic heterocycles. The molecule has 7 heteroatoms. The van der Waals surface area contributed by atoms with Crippen molar-refractivity contribution in [2.75, 3.05) is 33.7 Å². The van der Waals surface area contributed by atoms with E-state index >= 15 is 0 Å². The van der Waals surface area contributed by atoms with Crippen molar-refractivity contribution >= 4 is 23.2 Å². The monoisotopic (exact) mass is 311 g/mol. The van der Waals surface area contributed by atoms with Gasteiger partial charge in [-0.05, 0) is 13.8 Å². The van der Waals surface area contributed by atoms with E-state index in [1.54, 1.807) is 30.3 Å². The van der Waals surface area contributed by atoms with Gasteiger partial charge in [0.15, 0.2) is 5.96 Å². The molecule has 21 heavy (non-hydrogen) atoms. The van der Waals surface area contributed by atoms with Crippen LogP contribution in [0.1, 0.15) is 23.2 Å². The summed E-state index contributed by atoms with van der Waals surface area (Å²) in [7, 11) is 3.52. The van der Waals surface area contributed by atoms with Gasteiger partial charge in [-0.25, -0.2) is 4.98 Å². The minimum atomic E-state index is 0.108. The summed E-state index contributed by atoms with van der Waals surface area (Å²) in [5.74, 6) is 0.856. The van der Waals surface area contributed by atoms with Gasteiger partial charge in [0.25, 0.3) is 0 Å². The SMILES string of the molecule is CCNC(=NCCc1ncc(C)s1)NCCC(=O)N(C)C. The van der Waals surface area contributed by atoms with Crippen molar-refractivity contribution in [2.45, 2.75) is 26.7 Å². The van der Waals surface area contributed by atoms with E-state index in [9.17, 15) is 4.79 Å². The minimum Gasteiger partial charge on any atom is -0.357 e. The van der Waals surface area contributed by atoms with Gasteiger partial charge in [-0.15, -0.1) is 11.3 Å². The molecule has 1 amide bonds. The van der Waals surface area contributed by atoms with Crippen molar-refractivity contribution < 1.29 is 4.79 Å². The summed E-state index contributed by atoms with van der Waals surface area (Å²) in [6.45, 7) is 6.14. The van der Waals surface area contributed by atoms with Crippen LogP contribution in [0.5, 0.6) is 0 Å². The van der Waals surface area contributed by atoms with Crippen LogP contribution in [0.3, 0.4) is 0 Å². The first kappa shape index (κ1) is 17.4. The number of rotatable bonds is 7. The zero-order chi connectivity index (χ0) is 15.7. The molecule has 0 saturated heterocycles. The quantitative estimate of drug-likeness (QED) is 0.583. The standard InChI is InChI=1S/C14H25N5OS/c1-5-15-14(17-9-7-13(20)19(3)4)16-8-6-12-18-10-11(2)21-12/h10H,5-9H2,1-4H3,(H2,15,16,17). The molecular formula is C14H25N5OS. The molecule has 0 radical (unpaired) electrons. The van der Waals surface area contributed by atoms with Crippen molar-refractivity contribution in [3.05, 3.63) is 16.1 Å². The summed E-state index contributed by atoms with van der Waals surface area (Å²) in [6.07, 6.45) is 3.19. The number of thiazole rings is 1. The molecule has 0 aliphatic rings. The van der Waals surface area contributed by atoms with Crippen molar-refractivity contribution in [1.29, 1.82) is 0 Å². The van der Waals surface area contributed by atoms with E-state index in [4.69, 9.17) is 0 Å². The number of amides is 1. The molecule has 1 aromatic rings. The Labute approximate surface area is 130 Å². The number of aliphatic imine (C=N–C) groups is 1. The number of carbonyl (C=O) groups excluding carboxylic acids is 1. The molecule has 0 aromatic carbocycles. The number of aryl methyl sites for hydroxylation is 1. The van der Waals surface area contributed by atoms with Crippen LogP contribution < -0.4 is 10.6 Å². The molecule has 0 bridgehead atoms. The molecular weight excluding hydrogens is 286 g/mol. The van der Waals surface area contributed by atoms with Gasteiger partial charge < -0.3 is 15.5 Å². The second-order valence-electron chi connectivity index (χ2n) is 4.84. The van der Waals surface area contributed by atoms with Gasteiger partial charge in [0, 0.05) is 57.6 Å². The number of guanidine groups is 1. The van der Waals surface area contributed by atoms with E-state index in [1.807, 2.05) is 13.1 Å². The van der Waals surface area contributed by atoms with Crippen LogP contribution in [0, 0.1) is 6.92 Å². The van der Waals surface area contributed by atoms with Crippen molar-refractivity contribution in [3.63, 3.8) is 0 Å². The third-order valence-corrected chi connectivity index (χ3v) is 3.71. The lowest BCUT2D eigenvalue weighted by molar-refractivity contribution is -0.128. The first-order valence-corrected chi connectivity index (χ1v) is 7.98. The lowest BCUT2D eigenvalue weighted by Gasteiger charge is -2.13. The summed E-state index contributed by atoms with van der Waals surface area (Å²) in [5, 5.41) is 7.45. The topological polar surface area (TPSA) is 69.6 Å². The van der Waals surface area contributed by atoms with Crippen molar-refractivity contribution in [2.24, 2.45) is 4.99 Å². The molecule has 1 heterocycles. The molecule has 0 spiro atoms. The summed E-state index contributed by atoms with van der Waals surface area (Å²) in [6, 6.07) is 0. The van der Waals surface area contributed by atoms with Crippen LogP contribution in [0.2, 0.25) is 0 Å². The zero-order valence-corrected chi connectivity index (χ0v) is 14.1. The van der Waals surface area contributed by atoms with Gasteiger partial charge in [0.05, 0.1) is 5.01 Å². The third kappa shape index (κ3) is 7.08. The normalized spacial score (nSPS) is 11.3. The Balaban J connectivity index is 2.37. The van der Waals surface area contributed by atoms with Crippen molar-refractivity contribution in [1.82, 2.24) is 20.5 Å². The van der Waals surface area contributed by atoms with Crippen LogP contribution >= 0.6 is 11.3 Å². The Bertz CT molecular complexity index is 470. The van der Waals surface area contributed by atoms with Gasteiger partial charge in [-0.1, -0.05) is 0 Å². The van der Waals surface area contributed by atoms with Gasteiger partial charge >= 0.3 is 0 Å². The Morgan fingerprint density at radius 3 is 2.76 bits per heavy atom. The molecule has 0 aliphatic carbocycles. The summed E-state index contributed by atoms with van der Waals surface area (Å²) in [4.78, 5) is 23.1. The first-order chi connectivity index (χ1) is 10.0. The van der Waals surface area contributed by atoms with Crippen LogP contribution in [0.4, 0.5) is 0 Å². The number of nitrogens with zero attached hydrogens (tertiary/aromatic N) is 3. The summed E-state index contributed by atoms with van der Waals surface area (Å²) >= 11 is 1.71. The molecule has 2 N–H and O–H groups in total. The molecule has 0 unspecified atom stereocenters. The Morgan fingerprint density at radius 2 is 2.19 bits per heavy atom. The van der Waals surface area contributed by atoms with Gasteiger partial charge in [0.2, 0.25) is 5.91 Å². The van der Waals surface area contributed by atoms with E-state index in [2.05, 4.69) is 27.5 Å². The summed E-state index contributed by atoms with van der Waals surface area (Å²) < 4.78 is 0. The Morgan fingerprint density at radius 1 is 1.43 bits per heavy atom. The number of nitrogens with one attached hydrogen (secondary N) is 2. The molecule has 0 atom stereocenters. The second kappa shape index (κ2) is 9.33. The molecule has 0 saturated carbocycles. The lowest BCUT2D eigenvalue weighted by Crippen LogP contribution is -2.39. The Hall–Kier alpha value is -1.63. The Kier molecular flexibility index (Phi) is 7.74. The molecule has 1 rings (SSSR count). The summed E-state index contributed by atoms with van der Waals surface area (Å²) in [5.41, 5.74) is 0. The number of hydrogen-bond donors (Lipinski definition) is 2. The zero-order valence-electron chi connectivity index (χ0n) is 13.3. The fourth-order valence-corrected chi connectivity index (χ4v) is 2.41. The smallest absolute Gasteiger partial charge is 0.223 e. The number of carbonyl (C=O) groups is 1. The first-order valence-electron chi connectivity index (χ1n) is 7.16. The fraction of sp³-hybridized carbons (Fsp3) is 0.643. The van der Waals surface area contributed by atoms with Gasteiger partial charge in [-0.2, -0.15) is 0 Å². The van der Waals surface area contributed by atoms with E-state index in [-0.39, 0.29) is 5.91 Å². The van der Waals surface area contributed by atoms with Crippen molar-refractivity contribution in [3.8, 4) is 0 Å². The highest BCUT2D eigenvalue weighted by Gasteiger charge is 2.04. The third-order valence-electron chi connectivity index (χ3n) is 2.74. The maximum absolute atomic E-state index is 11.5. The maximum Gasteiger partial charge on any atom is 0.223 e. The lowest BCUT2D eigenvalue weighted by atomic mass is 10.4. The van der Waals surface area contributed by atoms with Crippen LogP contribution in [-0.4, -0.2) is 55.5 Å². The molecule has 118 valence electrons. The van der Waals surface area contributed by atoms with E-state index in [1.165, 1.54) is 4.88 Å². The van der Waals surface area contributed by atoms with Gasteiger partial charge in [-0.3, -0.25) is 9.79 Å². The number of aromatic nitrogens is 1. The predicted octanol–water partition coefficient (Wildman–Crippen LogP) is 1.03. The molecule has 1 aromatic heterocycles. The number of hydrogen-bond acceptors (Lipinski definition) is 4. The van der Waals surface area contributed by atoms with Crippen LogP contribution in [0.25, 0.3) is 0 Å². The highest BCUT2D eigenvalue weighted by Crippen LogP contribution is 2.11. The molecule has 6 nitrogen and oxygen atoms in total. The largest absolute Gasteiger partial charge is 0.357 e. The average Bonchev–Trinajstić information content (AvgIpc) is 2.84. The highest BCUT2D eigenvalue weighted by atomic mass is 32.1. The van der Waals surface area contributed by atoms with Gasteiger partial charge in [0.1, 0.15) is 0 Å². The predicted molar refractivity (Wildman–Crippen MR) is 87.8 cm³/mol. The minimum absolute atomic E-state index is 0.108. The highest BCUT2D eigenvalue weighted by molar-refractivity contribution is 7.11. The van der Waals surface area contributed by atoms with E-state index in [0.29, 0.717) is 19.5 Å². The second-order valence-corrected chi connectivity index (χ2v) is 6.16. The van der Waals surface area contributed by atoms with Crippen LogP contribution in [-0.2, 0) is 11.2 Å². The van der Waals surface area contributed by atoms with Crippen LogP contribution in [0.15, 0.2) is 11.2 Å². The fourth-order valence-electron chi connectivity index (χ4n) is 1.63.